The van der Waals surface area contributed by atoms with E-state index < -0.39 is 0 Å². The number of benzene rings is 2. The normalized spacial score (nSPS) is 12.1. The van der Waals surface area contributed by atoms with Crippen molar-refractivity contribution >= 4 is 0 Å². The molecule has 100 valence electrons. The molecule has 2 aromatic rings. The maximum atomic E-state index is 13.1. The molecular weight excluding hydrogens is 241 g/mol. The van der Waals surface area contributed by atoms with Crippen LogP contribution in [0.5, 0.6) is 5.75 Å². The lowest BCUT2D eigenvalue weighted by Gasteiger charge is -2.17. The molecule has 0 saturated heterocycles. The van der Waals surface area contributed by atoms with E-state index >= 15 is 0 Å². The van der Waals surface area contributed by atoms with Gasteiger partial charge in [0.2, 0.25) is 0 Å². The predicted octanol–water partition coefficient (Wildman–Crippen LogP) is 3.34. The van der Waals surface area contributed by atoms with Crippen molar-refractivity contribution in [2.24, 2.45) is 5.73 Å². The van der Waals surface area contributed by atoms with Crippen molar-refractivity contribution < 1.29 is 9.13 Å². The van der Waals surface area contributed by atoms with Gasteiger partial charge in [0, 0.05) is 12.0 Å². The predicted molar refractivity (Wildman–Crippen MR) is 74.7 cm³/mol. The van der Waals surface area contributed by atoms with Gasteiger partial charge in [0.15, 0.2) is 0 Å². The van der Waals surface area contributed by atoms with Gasteiger partial charge in [-0.1, -0.05) is 36.4 Å². The first kappa shape index (κ1) is 13.6. The second kappa shape index (κ2) is 6.90. The third-order valence-electron chi connectivity index (χ3n) is 3.03. The van der Waals surface area contributed by atoms with E-state index in [1.54, 1.807) is 12.1 Å². The third-order valence-corrected chi connectivity index (χ3v) is 3.03. The maximum absolute atomic E-state index is 13.1. The summed E-state index contributed by atoms with van der Waals surface area (Å²) in [5.74, 6) is 0.500. The van der Waals surface area contributed by atoms with Gasteiger partial charge in [-0.15, -0.1) is 0 Å². The van der Waals surface area contributed by atoms with Crippen molar-refractivity contribution in [1.29, 1.82) is 0 Å². The Hall–Kier alpha value is -1.87. The van der Waals surface area contributed by atoms with Crippen LogP contribution in [0.1, 0.15) is 17.9 Å². The van der Waals surface area contributed by atoms with Crippen LogP contribution >= 0.6 is 0 Å². The molecule has 0 aromatic heterocycles. The van der Waals surface area contributed by atoms with Crippen LogP contribution in [-0.2, 0) is 0 Å². The molecule has 19 heavy (non-hydrogen) atoms. The molecule has 0 amide bonds. The van der Waals surface area contributed by atoms with E-state index in [0.717, 1.165) is 6.42 Å². The van der Waals surface area contributed by atoms with Gasteiger partial charge in [0.1, 0.15) is 11.6 Å². The highest BCUT2D eigenvalue weighted by atomic mass is 19.1. The van der Waals surface area contributed by atoms with Gasteiger partial charge >= 0.3 is 0 Å². The average Bonchev–Trinajstić information content (AvgIpc) is 2.44. The molecule has 2 aromatic carbocycles. The number of hydrogen-bond donors (Lipinski definition) is 1. The molecule has 0 aliphatic carbocycles. The standard InChI is InChI=1S/C16H18FNO/c17-15-7-4-8-16(11-15)19-12-14(9-10-18)13-5-2-1-3-6-13/h1-8,11,14H,9-10,12,18H2. The molecule has 2 nitrogen and oxygen atoms in total. The molecule has 0 spiro atoms. The number of ether oxygens (including phenoxy) is 1. The van der Waals surface area contributed by atoms with Gasteiger partial charge in [-0.25, -0.2) is 4.39 Å². The van der Waals surface area contributed by atoms with E-state index in [0.29, 0.717) is 18.9 Å². The number of halogens is 1. The smallest absolute Gasteiger partial charge is 0.126 e. The topological polar surface area (TPSA) is 35.2 Å². The first-order valence-electron chi connectivity index (χ1n) is 6.43. The summed E-state index contributed by atoms with van der Waals surface area (Å²) in [5.41, 5.74) is 6.84. The zero-order valence-corrected chi connectivity index (χ0v) is 10.8. The lowest BCUT2D eigenvalue weighted by molar-refractivity contribution is 0.281. The summed E-state index contributed by atoms with van der Waals surface area (Å²) in [6, 6.07) is 16.3. The molecule has 1 unspecified atom stereocenters. The molecule has 0 aliphatic rings. The molecule has 2 rings (SSSR count). The quantitative estimate of drug-likeness (QED) is 0.863. The Balaban J connectivity index is 2.01. The van der Waals surface area contributed by atoms with Crippen LogP contribution in [0.15, 0.2) is 54.6 Å². The fraction of sp³-hybridized carbons (Fsp3) is 0.250. The molecular formula is C16H18FNO. The van der Waals surface area contributed by atoms with Crippen LogP contribution < -0.4 is 10.5 Å². The van der Waals surface area contributed by atoms with Crippen LogP contribution in [0.3, 0.4) is 0 Å². The van der Waals surface area contributed by atoms with Crippen molar-refractivity contribution in [3.05, 3.63) is 66.0 Å². The zero-order valence-electron chi connectivity index (χ0n) is 10.8. The highest BCUT2D eigenvalue weighted by molar-refractivity contribution is 5.24. The maximum Gasteiger partial charge on any atom is 0.126 e. The van der Waals surface area contributed by atoms with Crippen LogP contribution in [0, 0.1) is 5.82 Å². The first-order chi connectivity index (χ1) is 9.29. The Bertz CT molecular complexity index is 501. The zero-order chi connectivity index (χ0) is 13.5. The van der Waals surface area contributed by atoms with Crippen molar-refractivity contribution in [2.45, 2.75) is 12.3 Å². The molecule has 1 atom stereocenters. The second-order valence-corrected chi connectivity index (χ2v) is 4.45. The summed E-state index contributed by atoms with van der Waals surface area (Å²) in [5, 5.41) is 0. The van der Waals surface area contributed by atoms with E-state index in [-0.39, 0.29) is 11.7 Å². The molecule has 0 aliphatic heterocycles. The fourth-order valence-corrected chi connectivity index (χ4v) is 2.03. The molecule has 0 radical (unpaired) electrons. The van der Waals surface area contributed by atoms with Crippen LogP contribution in [0.4, 0.5) is 4.39 Å². The monoisotopic (exact) mass is 259 g/mol. The van der Waals surface area contributed by atoms with Gasteiger partial charge in [-0.2, -0.15) is 0 Å². The number of rotatable bonds is 6. The second-order valence-electron chi connectivity index (χ2n) is 4.45. The van der Waals surface area contributed by atoms with Crippen LogP contribution in [0.2, 0.25) is 0 Å². The molecule has 0 bridgehead atoms. The molecule has 2 N–H and O–H groups in total. The van der Waals surface area contributed by atoms with E-state index in [2.05, 4.69) is 12.1 Å². The Morgan fingerprint density at radius 3 is 2.53 bits per heavy atom. The summed E-state index contributed by atoms with van der Waals surface area (Å²) in [7, 11) is 0. The van der Waals surface area contributed by atoms with Gasteiger partial charge in [0.25, 0.3) is 0 Å². The van der Waals surface area contributed by atoms with E-state index in [9.17, 15) is 4.39 Å². The Kier molecular flexibility index (Phi) is 4.93. The average molecular weight is 259 g/mol. The minimum atomic E-state index is -0.285. The Morgan fingerprint density at radius 2 is 1.84 bits per heavy atom. The fourth-order valence-electron chi connectivity index (χ4n) is 2.03. The molecule has 0 fully saturated rings. The minimum Gasteiger partial charge on any atom is -0.493 e. The molecule has 0 heterocycles. The van der Waals surface area contributed by atoms with Gasteiger partial charge in [0.05, 0.1) is 6.61 Å². The summed E-state index contributed by atoms with van der Waals surface area (Å²) >= 11 is 0. The van der Waals surface area contributed by atoms with Crippen LogP contribution in [-0.4, -0.2) is 13.2 Å². The molecule has 0 saturated carbocycles. The summed E-state index contributed by atoms with van der Waals surface area (Å²) in [4.78, 5) is 0. The summed E-state index contributed by atoms with van der Waals surface area (Å²) < 4.78 is 18.7. The van der Waals surface area contributed by atoms with Crippen molar-refractivity contribution in [3.8, 4) is 5.75 Å². The lowest BCUT2D eigenvalue weighted by Crippen LogP contribution is -2.15. The molecule has 3 heteroatoms. The van der Waals surface area contributed by atoms with Gasteiger partial charge < -0.3 is 10.5 Å². The van der Waals surface area contributed by atoms with Crippen molar-refractivity contribution in [1.82, 2.24) is 0 Å². The Labute approximate surface area is 113 Å². The summed E-state index contributed by atoms with van der Waals surface area (Å²) in [6.07, 6.45) is 0.847. The minimum absolute atomic E-state index is 0.231. The Morgan fingerprint density at radius 1 is 1.05 bits per heavy atom. The van der Waals surface area contributed by atoms with E-state index in [1.165, 1.54) is 17.7 Å². The van der Waals surface area contributed by atoms with Crippen LogP contribution in [0.25, 0.3) is 0 Å². The van der Waals surface area contributed by atoms with Crippen molar-refractivity contribution in [2.75, 3.05) is 13.2 Å². The highest BCUT2D eigenvalue weighted by Gasteiger charge is 2.11. The van der Waals surface area contributed by atoms with Crippen molar-refractivity contribution in [3.63, 3.8) is 0 Å². The van der Waals surface area contributed by atoms with Gasteiger partial charge in [-0.3, -0.25) is 0 Å². The lowest BCUT2D eigenvalue weighted by atomic mass is 9.97. The highest BCUT2D eigenvalue weighted by Crippen LogP contribution is 2.21. The van der Waals surface area contributed by atoms with Gasteiger partial charge in [-0.05, 0) is 30.7 Å². The largest absolute Gasteiger partial charge is 0.493 e. The summed E-state index contributed by atoms with van der Waals surface area (Å²) in [6.45, 7) is 1.11. The van der Waals surface area contributed by atoms with E-state index in [1.807, 2.05) is 18.2 Å². The first-order valence-corrected chi connectivity index (χ1v) is 6.43. The van der Waals surface area contributed by atoms with E-state index in [4.69, 9.17) is 10.5 Å². The SMILES string of the molecule is NCCC(COc1cccc(F)c1)c1ccccc1. The third kappa shape index (κ3) is 4.07. The number of hydrogen-bond acceptors (Lipinski definition) is 2. The number of nitrogens with two attached hydrogens (primary N) is 1.